The summed E-state index contributed by atoms with van der Waals surface area (Å²) >= 11 is 0. The summed E-state index contributed by atoms with van der Waals surface area (Å²) in [4.78, 5) is 12.9. The molecule has 128 valence electrons. The van der Waals surface area contributed by atoms with E-state index in [-0.39, 0.29) is 5.91 Å². The van der Waals surface area contributed by atoms with Gasteiger partial charge >= 0.3 is 0 Å². The maximum absolute atomic E-state index is 12.9. The lowest BCUT2D eigenvalue weighted by atomic mass is 10.2. The molecule has 0 fully saturated rings. The number of hydrogen-bond acceptors (Lipinski definition) is 3. The SMILES string of the molecule is Cc1ccc(-c2nn(-c3ccccc3)cc2C(=O)Nc2ccccc2)o1. The second-order valence-electron chi connectivity index (χ2n) is 5.90. The van der Waals surface area contributed by atoms with Gasteiger partial charge < -0.3 is 9.73 Å². The second-order valence-corrected chi connectivity index (χ2v) is 5.90. The van der Waals surface area contributed by atoms with Crippen molar-refractivity contribution in [1.82, 2.24) is 9.78 Å². The third kappa shape index (κ3) is 3.15. The minimum atomic E-state index is -0.234. The fourth-order valence-corrected chi connectivity index (χ4v) is 2.72. The number of carbonyl (C=O) groups is 1. The van der Waals surface area contributed by atoms with Crippen molar-refractivity contribution >= 4 is 11.6 Å². The van der Waals surface area contributed by atoms with E-state index in [1.165, 1.54) is 0 Å². The van der Waals surface area contributed by atoms with Crippen molar-refractivity contribution in [2.24, 2.45) is 0 Å². The van der Waals surface area contributed by atoms with Gasteiger partial charge in [-0.25, -0.2) is 4.68 Å². The predicted octanol–water partition coefficient (Wildman–Crippen LogP) is 4.69. The zero-order chi connectivity index (χ0) is 17.9. The Kier molecular flexibility index (Phi) is 4.11. The summed E-state index contributed by atoms with van der Waals surface area (Å²) in [5.41, 5.74) is 2.56. The van der Waals surface area contributed by atoms with Gasteiger partial charge in [0, 0.05) is 11.9 Å². The third-order valence-electron chi connectivity index (χ3n) is 3.99. The number of nitrogens with zero attached hydrogens (tertiary/aromatic N) is 2. The Hall–Kier alpha value is -3.60. The van der Waals surface area contributed by atoms with E-state index in [4.69, 9.17) is 4.42 Å². The Bertz CT molecular complexity index is 1030. The molecular weight excluding hydrogens is 326 g/mol. The Labute approximate surface area is 150 Å². The molecule has 4 rings (SSSR count). The highest BCUT2D eigenvalue weighted by atomic mass is 16.3. The molecule has 26 heavy (non-hydrogen) atoms. The van der Waals surface area contributed by atoms with Crippen LogP contribution in [-0.2, 0) is 0 Å². The molecule has 1 amide bonds. The van der Waals surface area contributed by atoms with Gasteiger partial charge in [0.2, 0.25) is 0 Å². The molecule has 0 spiro atoms. The molecule has 0 aliphatic carbocycles. The molecule has 0 aliphatic heterocycles. The summed E-state index contributed by atoms with van der Waals surface area (Å²) in [6, 6.07) is 22.7. The van der Waals surface area contributed by atoms with Crippen LogP contribution < -0.4 is 5.32 Å². The lowest BCUT2D eigenvalue weighted by Crippen LogP contribution is -2.12. The lowest BCUT2D eigenvalue weighted by Gasteiger charge is -2.04. The van der Waals surface area contributed by atoms with Crippen LogP contribution in [0.25, 0.3) is 17.1 Å². The van der Waals surface area contributed by atoms with Crippen molar-refractivity contribution < 1.29 is 9.21 Å². The van der Waals surface area contributed by atoms with Crippen LogP contribution in [0.1, 0.15) is 16.1 Å². The topological polar surface area (TPSA) is 60.1 Å². The maximum Gasteiger partial charge on any atom is 0.259 e. The van der Waals surface area contributed by atoms with Crippen LogP contribution in [-0.4, -0.2) is 15.7 Å². The maximum atomic E-state index is 12.9. The standard InChI is InChI=1S/C21H17N3O2/c1-15-12-13-19(26-15)20-18(21(25)22-16-8-4-2-5-9-16)14-24(23-20)17-10-6-3-7-11-17/h2-14H,1H3,(H,22,25). The van der Waals surface area contributed by atoms with Crippen LogP contribution in [0.15, 0.2) is 83.4 Å². The van der Waals surface area contributed by atoms with E-state index < -0.39 is 0 Å². The highest BCUT2D eigenvalue weighted by Gasteiger charge is 2.21. The number of amides is 1. The molecule has 5 heteroatoms. The molecule has 0 unspecified atom stereocenters. The average Bonchev–Trinajstić information content (AvgIpc) is 3.30. The Balaban J connectivity index is 1.76. The Morgan fingerprint density at radius 1 is 0.962 bits per heavy atom. The fraction of sp³-hybridized carbons (Fsp3) is 0.0476. The first-order valence-corrected chi connectivity index (χ1v) is 8.29. The fourth-order valence-electron chi connectivity index (χ4n) is 2.72. The summed E-state index contributed by atoms with van der Waals surface area (Å²) < 4.78 is 7.39. The first-order valence-electron chi connectivity index (χ1n) is 8.29. The van der Waals surface area contributed by atoms with Gasteiger partial charge in [0.05, 0.1) is 11.3 Å². The van der Waals surface area contributed by atoms with E-state index in [1.54, 1.807) is 10.9 Å². The minimum absolute atomic E-state index is 0.234. The van der Waals surface area contributed by atoms with E-state index in [2.05, 4.69) is 10.4 Å². The van der Waals surface area contributed by atoms with E-state index >= 15 is 0 Å². The summed E-state index contributed by atoms with van der Waals surface area (Å²) in [5, 5.41) is 7.49. The predicted molar refractivity (Wildman–Crippen MR) is 100 cm³/mol. The largest absolute Gasteiger partial charge is 0.460 e. The zero-order valence-electron chi connectivity index (χ0n) is 14.2. The Morgan fingerprint density at radius 2 is 1.65 bits per heavy atom. The van der Waals surface area contributed by atoms with Gasteiger partial charge in [0.1, 0.15) is 11.5 Å². The lowest BCUT2D eigenvalue weighted by molar-refractivity contribution is 0.102. The number of aryl methyl sites for hydroxylation is 1. The number of carbonyl (C=O) groups excluding carboxylic acids is 1. The van der Waals surface area contributed by atoms with Gasteiger partial charge in [-0.1, -0.05) is 36.4 Å². The van der Waals surface area contributed by atoms with Gasteiger partial charge in [-0.15, -0.1) is 0 Å². The number of para-hydroxylation sites is 2. The van der Waals surface area contributed by atoms with Crippen molar-refractivity contribution in [3.05, 3.63) is 90.3 Å². The van der Waals surface area contributed by atoms with Crippen LogP contribution in [0.3, 0.4) is 0 Å². The smallest absolute Gasteiger partial charge is 0.259 e. The summed E-state index contributed by atoms with van der Waals surface area (Å²) in [7, 11) is 0. The molecule has 5 nitrogen and oxygen atoms in total. The molecular formula is C21H17N3O2. The van der Waals surface area contributed by atoms with Crippen LogP contribution in [0.2, 0.25) is 0 Å². The highest BCUT2D eigenvalue weighted by Crippen LogP contribution is 2.26. The van der Waals surface area contributed by atoms with Crippen LogP contribution in [0.4, 0.5) is 5.69 Å². The van der Waals surface area contributed by atoms with Gasteiger partial charge in [0.15, 0.2) is 5.76 Å². The quantitative estimate of drug-likeness (QED) is 0.584. The number of nitrogens with one attached hydrogen (secondary N) is 1. The van der Waals surface area contributed by atoms with Crippen molar-refractivity contribution in [2.45, 2.75) is 6.92 Å². The second kappa shape index (κ2) is 6.72. The molecule has 0 radical (unpaired) electrons. The van der Waals surface area contributed by atoms with Crippen molar-refractivity contribution in [2.75, 3.05) is 5.32 Å². The normalized spacial score (nSPS) is 10.7. The molecule has 0 bridgehead atoms. The monoisotopic (exact) mass is 343 g/mol. The molecule has 2 heterocycles. The van der Waals surface area contributed by atoms with E-state index in [0.29, 0.717) is 17.0 Å². The van der Waals surface area contributed by atoms with Gasteiger partial charge in [0.25, 0.3) is 5.91 Å². The number of furan rings is 1. The first kappa shape index (κ1) is 15.9. The highest BCUT2D eigenvalue weighted by molar-refractivity contribution is 6.07. The van der Waals surface area contributed by atoms with E-state index in [0.717, 1.165) is 17.1 Å². The first-order chi connectivity index (χ1) is 12.7. The molecule has 0 aliphatic rings. The number of aromatic nitrogens is 2. The zero-order valence-corrected chi connectivity index (χ0v) is 14.2. The van der Waals surface area contributed by atoms with E-state index in [1.807, 2.05) is 79.7 Å². The average molecular weight is 343 g/mol. The molecule has 4 aromatic rings. The van der Waals surface area contributed by atoms with Crippen molar-refractivity contribution in [1.29, 1.82) is 0 Å². The van der Waals surface area contributed by atoms with Crippen molar-refractivity contribution in [3.8, 4) is 17.1 Å². The molecule has 0 atom stereocenters. The number of anilines is 1. The van der Waals surface area contributed by atoms with Crippen molar-refractivity contribution in [3.63, 3.8) is 0 Å². The van der Waals surface area contributed by atoms with Crippen LogP contribution >= 0.6 is 0 Å². The van der Waals surface area contributed by atoms with Gasteiger partial charge in [-0.05, 0) is 43.3 Å². The molecule has 0 saturated heterocycles. The number of benzene rings is 2. The van der Waals surface area contributed by atoms with E-state index in [9.17, 15) is 4.79 Å². The molecule has 0 saturated carbocycles. The number of rotatable bonds is 4. The molecule has 2 aromatic heterocycles. The van der Waals surface area contributed by atoms with Gasteiger partial charge in [-0.2, -0.15) is 5.10 Å². The minimum Gasteiger partial charge on any atom is -0.460 e. The summed E-state index contributed by atoms with van der Waals surface area (Å²) in [6.07, 6.45) is 1.72. The molecule has 2 aromatic carbocycles. The Morgan fingerprint density at radius 3 is 2.31 bits per heavy atom. The third-order valence-corrected chi connectivity index (χ3v) is 3.99. The van der Waals surface area contributed by atoms with Crippen LogP contribution in [0, 0.1) is 6.92 Å². The van der Waals surface area contributed by atoms with Crippen LogP contribution in [0.5, 0.6) is 0 Å². The summed E-state index contributed by atoms with van der Waals surface area (Å²) in [5.74, 6) is 1.10. The molecule has 1 N–H and O–H groups in total. The summed E-state index contributed by atoms with van der Waals surface area (Å²) in [6.45, 7) is 1.86. The number of hydrogen-bond donors (Lipinski definition) is 1. The van der Waals surface area contributed by atoms with Gasteiger partial charge in [-0.3, -0.25) is 4.79 Å².